The molecular weight excluding hydrogens is 404 g/mol. The van der Waals surface area contributed by atoms with Crippen LogP contribution in [0.3, 0.4) is 0 Å². The van der Waals surface area contributed by atoms with Crippen LogP contribution >= 0.6 is 0 Å². The molecule has 6 nitrogen and oxygen atoms in total. The summed E-state index contributed by atoms with van der Waals surface area (Å²) in [5.41, 5.74) is 3.25. The summed E-state index contributed by atoms with van der Waals surface area (Å²) >= 11 is 0. The van der Waals surface area contributed by atoms with E-state index in [-0.39, 0.29) is 17.9 Å². The molecule has 6 heteroatoms. The molecule has 0 radical (unpaired) electrons. The topological polar surface area (TPSA) is 63.0 Å². The average molecular weight is 431 g/mol. The number of allylic oxidation sites excluding steroid dienone is 1. The molecule has 0 bridgehead atoms. The first kappa shape index (κ1) is 20.7. The van der Waals surface area contributed by atoms with Crippen LogP contribution in [0.4, 0.5) is 0 Å². The zero-order valence-electron chi connectivity index (χ0n) is 18.2. The van der Waals surface area contributed by atoms with Crippen LogP contribution < -0.4 is 10.2 Å². The second kappa shape index (κ2) is 8.73. The molecule has 5 rings (SSSR count). The van der Waals surface area contributed by atoms with E-state index in [2.05, 4.69) is 22.9 Å². The number of likely N-dealkylation sites (N-methyl/N-ethyl adjacent to an activating group) is 1. The molecule has 164 valence electrons. The number of piperazine rings is 1. The number of hydrogen-bond donors (Lipinski definition) is 0. The maximum atomic E-state index is 13.0. The largest absolute Gasteiger partial charge is 0.456 e. The summed E-state index contributed by atoms with van der Waals surface area (Å²) in [5, 5.41) is 0.517. The van der Waals surface area contributed by atoms with Gasteiger partial charge in [-0.25, -0.2) is 0 Å². The van der Waals surface area contributed by atoms with Crippen molar-refractivity contribution in [2.24, 2.45) is 0 Å². The number of hydrogen-bond acceptors (Lipinski definition) is 6. The summed E-state index contributed by atoms with van der Waals surface area (Å²) in [6.07, 6.45) is 3.51. The highest BCUT2D eigenvalue weighted by molar-refractivity contribution is 5.87. The third-order valence-electron chi connectivity index (χ3n) is 6.21. The Morgan fingerprint density at radius 2 is 1.84 bits per heavy atom. The van der Waals surface area contributed by atoms with E-state index in [0.29, 0.717) is 28.9 Å². The van der Waals surface area contributed by atoms with E-state index in [1.807, 2.05) is 30.3 Å². The lowest BCUT2D eigenvalue weighted by Gasteiger charge is -2.31. The molecule has 1 aliphatic heterocycles. The van der Waals surface area contributed by atoms with Gasteiger partial charge in [-0.2, -0.15) is 0 Å². The van der Waals surface area contributed by atoms with Crippen LogP contribution in [0, 0.1) is 0 Å². The minimum absolute atomic E-state index is 0.00646. The molecule has 0 atom stereocenters. The van der Waals surface area contributed by atoms with Crippen LogP contribution in [0.15, 0.2) is 57.7 Å². The molecule has 0 saturated carbocycles. The van der Waals surface area contributed by atoms with Gasteiger partial charge >= 0.3 is 5.97 Å². The lowest BCUT2D eigenvalue weighted by molar-refractivity contribution is -0.136. The van der Waals surface area contributed by atoms with E-state index in [1.54, 1.807) is 18.2 Å². The Morgan fingerprint density at radius 1 is 1.06 bits per heavy atom. The maximum absolute atomic E-state index is 13.0. The predicted octanol–water partition coefficient (Wildman–Crippen LogP) is 3.43. The standard InChI is InChI=1S/C26H26N2O4/c1-27-11-13-28(14-12-27)17-24(29)31-20-8-10-21-23(16-20)32-26-19(7-9-22(26)25(21)30)15-18-5-3-2-4-6-18/h2-6,8,10,15-16H,7,9,11-14,17H2,1H3/b19-15+. The molecule has 1 saturated heterocycles. The van der Waals surface area contributed by atoms with Crippen LogP contribution in [0.2, 0.25) is 0 Å². The van der Waals surface area contributed by atoms with Gasteiger partial charge in [0.1, 0.15) is 17.1 Å². The normalized spacial score (nSPS) is 18.2. The van der Waals surface area contributed by atoms with E-state index in [1.165, 1.54) is 0 Å². The molecule has 2 heterocycles. The van der Waals surface area contributed by atoms with Crippen molar-refractivity contribution in [3.8, 4) is 5.75 Å². The van der Waals surface area contributed by atoms with Crippen molar-refractivity contribution in [1.29, 1.82) is 0 Å². The lowest BCUT2D eigenvalue weighted by atomic mass is 10.1. The number of benzene rings is 2. The Labute approximate surface area is 186 Å². The Bertz CT molecular complexity index is 1240. The van der Waals surface area contributed by atoms with Gasteiger partial charge < -0.3 is 14.1 Å². The predicted molar refractivity (Wildman–Crippen MR) is 125 cm³/mol. The van der Waals surface area contributed by atoms with Gasteiger partial charge in [-0.05, 0) is 49.2 Å². The average Bonchev–Trinajstić information content (AvgIpc) is 3.19. The van der Waals surface area contributed by atoms with E-state index in [4.69, 9.17) is 9.15 Å². The number of fused-ring (bicyclic) bond motifs is 2. The van der Waals surface area contributed by atoms with Crippen LogP contribution in [0.1, 0.15) is 23.3 Å². The first-order valence-corrected chi connectivity index (χ1v) is 11.0. The number of nitrogens with zero attached hydrogens (tertiary/aromatic N) is 2. The molecule has 0 spiro atoms. The van der Waals surface area contributed by atoms with Crippen LogP contribution in [-0.4, -0.2) is 55.5 Å². The molecule has 1 fully saturated rings. The summed E-state index contributed by atoms with van der Waals surface area (Å²) < 4.78 is 11.7. The SMILES string of the molecule is CN1CCN(CC(=O)Oc2ccc3c(=O)c4c(oc3c2)/C(=C/c2ccccc2)CC4)CC1. The molecule has 2 aliphatic rings. The molecule has 0 unspecified atom stereocenters. The summed E-state index contributed by atoms with van der Waals surface area (Å²) in [4.78, 5) is 29.8. The van der Waals surface area contributed by atoms with Crippen molar-refractivity contribution in [1.82, 2.24) is 9.80 Å². The molecule has 0 N–H and O–H groups in total. The first-order valence-electron chi connectivity index (χ1n) is 11.0. The van der Waals surface area contributed by atoms with Gasteiger partial charge in [0.15, 0.2) is 5.43 Å². The van der Waals surface area contributed by atoms with Crippen molar-refractivity contribution in [3.63, 3.8) is 0 Å². The van der Waals surface area contributed by atoms with Gasteiger partial charge in [-0.15, -0.1) is 0 Å². The summed E-state index contributed by atoms with van der Waals surface area (Å²) in [6.45, 7) is 3.84. The molecular formula is C26H26N2O4. The van der Waals surface area contributed by atoms with Crippen molar-refractivity contribution in [2.75, 3.05) is 39.8 Å². The third-order valence-corrected chi connectivity index (χ3v) is 6.21. The van der Waals surface area contributed by atoms with Crippen LogP contribution in [0.5, 0.6) is 5.75 Å². The first-order chi connectivity index (χ1) is 15.6. The number of esters is 1. The maximum Gasteiger partial charge on any atom is 0.325 e. The van der Waals surface area contributed by atoms with E-state index in [9.17, 15) is 9.59 Å². The Balaban J connectivity index is 1.39. The van der Waals surface area contributed by atoms with Crippen molar-refractivity contribution >= 4 is 28.6 Å². The number of rotatable bonds is 4. The van der Waals surface area contributed by atoms with E-state index in [0.717, 1.165) is 49.3 Å². The number of carbonyl (C=O) groups excluding carboxylic acids is 1. The quantitative estimate of drug-likeness (QED) is 0.467. The molecule has 2 aromatic carbocycles. The monoisotopic (exact) mass is 430 g/mol. The summed E-state index contributed by atoms with van der Waals surface area (Å²) in [6, 6.07) is 15.0. The van der Waals surface area contributed by atoms with Gasteiger partial charge in [0, 0.05) is 37.8 Å². The molecule has 0 amide bonds. The fourth-order valence-corrected chi connectivity index (χ4v) is 4.38. The third kappa shape index (κ3) is 4.24. The Kier molecular flexibility index (Phi) is 5.64. The molecule has 3 aromatic rings. The van der Waals surface area contributed by atoms with Gasteiger partial charge in [0.2, 0.25) is 0 Å². The number of ether oxygens (including phenoxy) is 1. The Morgan fingerprint density at radius 3 is 2.62 bits per heavy atom. The van der Waals surface area contributed by atoms with Gasteiger partial charge in [-0.1, -0.05) is 30.3 Å². The molecule has 1 aromatic heterocycles. The number of carbonyl (C=O) groups is 1. The second-order valence-electron chi connectivity index (χ2n) is 8.53. The summed E-state index contributed by atoms with van der Waals surface area (Å²) in [7, 11) is 2.08. The molecule has 32 heavy (non-hydrogen) atoms. The smallest absolute Gasteiger partial charge is 0.325 e. The van der Waals surface area contributed by atoms with Gasteiger partial charge in [0.05, 0.1) is 11.9 Å². The lowest BCUT2D eigenvalue weighted by Crippen LogP contribution is -2.46. The van der Waals surface area contributed by atoms with Crippen molar-refractivity contribution in [2.45, 2.75) is 12.8 Å². The van der Waals surface area contributed by atoms with Gasteiger partial charge in [-0.3, -0.25) is 14.5 Å². The minimum Gasteiger partial charge on any atom is -0.456 e. The highest BCUT2D eigenvalue weighted by Gasteiger charge is 2.24. The zero-order chi connectivity index (χ0) is 22.1. The van der Waals surface area contributed by atoms with Crippen molar-refractivity contribution in [3.05, 3.63) is 75.6 Å². The van der Waals surface area contributed by atoms with E-state index >= 15 is 0 Å². The highest BCUT2D eigenvalue weighted by Crippen LogP contribution is 2.34. The fourth-order valence-electron chi connectivity index (χ4n) is 4.38. The second-order valence-corrected chi connectivity index (χ2v) is 8.53. The Hall–Kier alpha value is -3.22. The minimum atomic E-state index is -0.304. The van der Waals surface area contributed by atoms with E-state index < -0.39 is 0 Å². The zero-order valence-corrected chi connectivity index (χ0v) is 18.2. The van der Waals surface area contributed by atoms with Crippen LogP contribution in [-0.2, 0) is 11.2 Å². The molecule has 1 aliphatic carbocycles. The van der Waals surface area contributed by atoms with Crippen molar-refractivity contribution < 1.29 is 13.9 Å². The van der Waals surface area contributed by atoms with Gasteiger partial charge in [0.25, 0.3) is 0 Å². The van der Waals surface area contributed by atoms with Crippen LogP contribution in [0.25, 0.3) is 22.6 Å². The fraction of sp³-hybridized carbons (Fsp3) is 0.308. The highest BCUT2D eigenvalue weighted by atomic mass is 16.5. The summed E-state index contributed by atoms with van der Waals surface area (Å²) in [5.74, 6) is 0.737.